The van der Waals surface area contributed by atoms with Gasteiger partial charge in [0, 0.05) is 24.0 Å². The van der Waals surface area contributed by atoms with E-state index in [1.165, 1.54) is 5.56 Å². The Morgan fingerprint density at radius 3 is 1.82 bits per heavy atom. The van der Waals surface area contributed by atoms with Gasteiger partial charge in [-0.2, -0.15) is 0 Å². The zero-order valence-corrected chi connectivity index (χ0v) is 10.1. The molecule has 0 radical (unpaired) electrons. The monoisotopic (exact) mass is 225 g/mol. The largest absolute Gasteiger partial charge is 0.345 e. The third-order valence-corrected chi connectivity index (χ3v) is 2.84. The smallest absolute Gasteiger partial charge is 0.150 e. The van der Waals surface area contributed by atoms with Crippen LogP contribution in [0.4, 0.5) is 11.4 Å². The topological polar surface area (TPSA) is 20.3 Å². The molecule has 2 aromatic rings. The van der Waals surface area contributed by atoms with Gasteiger partial charge >= 0.3 is 0 Å². The van der Waals surface area contributed by atoms with Gasteiger partial charge in [-0.1, -0.05) is 17.7 Å². The number of carbonyl (C=O) groups excluding carboxylic acids is 1. The van der Waals surface area contributed by atoms with Crippen LogP contribution in [0.5, 0.6) is 0 Å². The lowest BCUT2D eigenvalue weighted by atomic mass is 10.2. The van der Waals surface area contributed by atoms with Crippen LogP contribution in [0.2, 0.25) is 0 Å². The summed E-state index contributed by atoms with van der Waals surface area (Å²) in [6.45, 7) is 2.07. The van der Waals surface area contributed by atoms with Gasteiger partial charge in [-0.3, -0.25) is 4.79 Å². The fourth-order valence-electron chi connectivity index (χ4n) is 1.69. The van der Waals surface area contributed by atoms with Crippen LogP contribution in [0.3, 0.4) is 0 Å². The number of anilines is 2. The van der Waals surface area contributed by atoms with Crippen molar-refractivity contribution in [2.75, 3.05) is 11.9 Å². The normalized spacial score (nSPS) is 10.0. The lowest BCUT2D eigenvalue weighted by Gasteiger charge is -2.19. The summed E-state index contributed by atoms with van der Waals surface area (Å²) in [4.78, 5) is 12.7. The molecular weight excluding hydrogens is 210 g/mol. The molecule has 0 heterocycles. The SMILES string of the molecule is Cc1ccc(N(C)c2ccc(C=O)cc2)cc1. The molecule has 0 aliphatic rings. The lowest BCUT2D eigenvalue weighted by Crippen LogP contribution is -2.09. The van der Waals surface area contributed by atoms with E-state index in [1.54, 1.807) is 0 Å². The molecule has 0 aliphatic carbocycles. The molecule has 0 fully saturated rings. The fourth-order valence-corrected chi connectivity index (χ4v) is 1.69. The Balaban J connectivity index is 2.26. The molecule has 2 heteroatoms. The summed E-state index contributed by atoms with van der Waals surface area (Å²) in [6, 6.07) is 15.9. The van der Waals surface area contributed by atoms with E-state index in [0.29, 0.717) is 5.56 Å². The molecule has 2 rings (SSSR count). The Labute approximate surface area is 102 Å². The zero-order chi connectivity index (χ0) is 12.3. The second-order valence-electron chi connectivity index (χ2n) is 4.10. The number of aryl methyl sites for hydroxylation is 1. The Bertz CT molecular complexity index is 499. The first-order valence-corrected chi connectivity index (χ1v) is 5.56. The molecule has 0 bridgehead atoms. The first kappa shape index (κ1) is 11.4. The van der Waals surface area contributed by atoms with Gasteiger partial charge in [-0.05, 0) is 43.3 Å². The van der Waals surface area contributed by atoms with Crippen LogP contribution in [0.25, 0.3) is 0 Å². The molecule has 2 nitrogen and oxygen atoms in total. The highest BCUT2D eigenvalue weighted by Gasteiger charge is 2.03. The Hall–Kier alpha value is -2.09. The van der Waals surface area contributed by atoms with Gasteiger partial charge in [0.2, 0.25) is 0 Å². The molecule has 0 spiro atoms. The van der Waals surface area contributed by atoms with Crippen LogP contribution in [0, 0.1) is 6.92 Å². The highest BCUT2D eigenvalue weighted by molar-refractivity contribution is 5.76. The molecule has 2 aromatic carbocycles. The minimum atomic E-state index is 0.700. The average Bonchev–Trinajstić information content (AvgIpc) is 2.39. The summed E-state index contributed by atoms with van der Waals surface area (Å²) < 4.78 is 0. The van der Waals surface area contributed by atoms with Crippen LogP contribution in [-0.2, 0) is 0 Å². The first-order chi connectivity index (χ1) is 8.20. The van der Waals surface area contributed by atoms with Crippen LogP contribution < -0.4 is 4.90 Å². The van der Waals surface area contributed by atoms with Crippen molar-refractivity contribution in [2.45, 2.75) is 6.92 Å². The molecule has 0 unspecified atom stereocenters. The van der Waals surface area contributed by atoms with E-state index in [2.05, 4.69) is 36.1 Å². The molecule has 86 valence electrons. The second kappa shape index (κ2) is 4.83. The van der Waals surface area contributed by atoms with Crippen LogP contribution >= 0.6 is 0 Å². The van der Waals surface area contributed by atoms with E-state index in [0.717, 1.165) is 17.7 Å². The van der Waals surface area contributed by atoms with Crippen molar-refractivity contribution in [1.82, 2.24) is 0 Å². The number of benzene rings is 2. The van der Waals surface area contributed by atoms with Gasteiger partial charge in [0.25, 0.3) is 0 Å². The molecule has 0 amide bonds. The van der Waals surface area contributed by atoms with Crippen LogP contribution in [-0.4, -0.2) is 13.3 Å². The van der Waals surface area contributed by atoms with Gasteiger partial charge in [0.15, 0.2) is 0 Å². The van der Waals surface area contributed by atoms with Crippen molar-refractivity contribution in [3.63, 3.8) is 0 Å². The number of hydrogen-bond donors (Lipinski definition) is 0. The maximum atomic E-state index is 10.6. The summed E-state index contributed by atoms with van der Waals surface area (Å²) in [5, 5.41) is 0. The molecule has 0 aromatic heterocycles. The minimum Gasteiger partial charge on any atom is -0.345 e. The van der Waals surface area contributed by atoms with E-state index in [-0.39, 0.29) is 0 Å². The maximum Gasteiger partial charge on any atom is 0.150 e. The van der Waals surface area contributed by atoms with Crippen molar-refractivity contribution in [3.05, 3.63) is 59.7 Å². The van der Waals surface area contributed by atoms with Gasteiger partial charge in [-0.15, -0.1) is 0 Å². The van der Waals surface area contributed by atoms with E-state index >= 15 is 0 Å². The number of aldehydes is 1. The third kappa shape index (κ3) is 2.53. The second-order valence-corrected chi connectivity index (χ2v) is 4.10. The van der Waals surface area contributed by atoms with Gasteiger partial charge in [0.1, 0.15) is 6.29 Å². The zero-order valence-electron chi connectivity index (χ0n) is 10.1. The molecule has 0 aliphatic heterocycles. The minimum absolute atomic E-state index is 0.700. The van der Waals surface area contributed by atoms with E-state index in [9.17, 15) is 4.79 Å². The molecular formula is C15H15NO. The summed E-state index contributed by atoms with van der Waals surface area (Å²) in [5.41, 5.74) is 4.15. The Kier molecular flexibility index (Phi) is 3.24. The number of carbonyl (C=O) groups is 1. The van der Waals surface area contributed by atoms with Crippen molar-refractivity contribution in [3.8, 4) is 0 Å². The van der Waals surface area contributed by atoms with E-state index in [4.69, 9.17) is 0 Å². The van der Waals surface area contributed by atoms with Gasteiger partial charge in [0.05, 0.1) is 0 Å². The predicted molar refractivity (Wildman–Crippen MR) is 71.1 cm³/mol. The summed E-state index contributed by atoms with van der Waals surface area (Å²) in [5.74, 6) is 0. The van der Waals surface area contributed by atoms with Crippen molar-refractivity contribution in [2.24, 2.45) is 0 Å². The molecule has 0 saturated carbocycles. The van der Waals surface area contributed by atoms with E-state index in [1.807, 2.05) is 31.3 Å². The van der Waals surface area contributed by atoms with Crippen molar-refractivity contribution >= 4 is 17.7 Å². The maximum absolute atomic E-state index is 10.6. The number of rotatable bonds is 3. The highest BCUT2D eigenvalue weighted by Crippen LogP contribution is 2.23. The quantitative estimate of drug-likeness (QED) is 0.744. The average molecular weight is 225 g/mol. The third-order valence-electron chi connectivity index (χ3n) is 2.84. The molecule has 17 heavy (non-hydrogen) atoms. The standard InChI is InChI=1S/C15H15NO/c1-12-3-7-14(8-4-12)16(2)15-9-5-13(11-17)6-10-15/h3-11H,1-2H3. The van der Waals surface area contributed by atoms with Crippen LogP contribution in [0.1, 0.15) is 15.9 Å². The number of hydrogen-bond acceptors (Lipinski definition) is 2. The summed E-state index contributed by atoms with van der Waals surface area (Å²) >= 11 is 0. The summed E-state index contributed by atoms with van der Waals surface area (Å²) in [7, 11) is 2.01. The van der Waals surface area contributed by atoms with Gasteiger partial charge in [-0.25, -0.2) is 0 Å². The summed E-state index contributed by atoms with van der Waals surface area (Å²) in [6.07, 6.45) is 0.857. The Morgan fingerprint density at radius 2 is 1.35 bits per heavy atom. The van der Waals surface area contributed by atoms with Crippen LogP contribution in [0.15, 0.2) is 48.5 Å². The lowest BCUT2D eigenvalue weighted by molar-refractivity contribution is 0.112. The molecule has 0 N–H and O–H groups in total. The molecule has 0 atom stereocenters. The highest BCUT2D eigenvalue weighted by atomic mass is 16.1. The Morgan fingerprint density at radius 1 is 0.882 bits per heavy atom. The number of nitrogens with zero attached hydrogens (tertiary/aromatic N) is 1. The van der Waals surface area contributed by atoms with Crippen molar-refractivity contribution < 1.29 is 4.79 Å². The fraction of sp³-hybridized carbons (Fsp3) is 0.133. The molecule has 0 saturated heterocycles. The first-order valence-electron chi connectivity index (χ1n) is 5.56. The van der Waals surface area contributed by atoms with Crippen molar-refractivity contribution in [1.29, 1.82) is 0 Å². The van der Waals surface area contributed by atoms with Gasteiger partial charge < -0.3 is 4.90 Å². The predicted octanol–water partition coefficient (Wildman–Crippen LogP) is 3.58. The van der Waals surface area contributed by atoms with E-state index < -0.39 is 0 Å².